The number of hydrogen-bond acceptors (Lipinski definition) is 7. The zero-order valence-electron chi connectivity index (χ0n) is 15.4. The first-order valence-electron chi connectivity index (χ1n) is 9.58. The maximum atomic E-state index is 12.2. The minimum atomic E-state index is -0.530. The number of nitrogens with one attached hydrogen (secondary N) is 1. The molecule has 0 aromatic carbocycles. The first-order chi connectivity index (χ1) is 13.1. The molecule has 4 heterocycles. The average molecular weight is 382 g/mol. The lowest BCUT2D eigenvalue weighted by Crippen LogP contribution is -2.34. The van der Waals surface area contributed by atoms with E-state index in [1.165, 1.54) is 10.8 Å². The Morgan fingerprint density at radius 1 is 1.19 bits per heavy atom. The molecule has 0 amide bonds. The summed E-state index contributed by atoms with van der Waals surface area (Å²) in [4.78, 5) is 26.2. The summed E-state index contributed by atoms with van der Waals surface area (Å²) in [6.45, 7) is 3.37. The zero-order valence-corrected chi connectivity index (χ0v) is 15.4. The lowest BCUT2D eigenvalue weighted by molar-refractivity contribution is -0.183. The summed E-state index contributed by atoms with van der Waals surface area (Å²) in [7, 11) is 0. The molecule has 9 heteroatoms. The molecule has 2 unspecified atom stereocenters. The molecular weight excluding hydrogens is 356 g/mol. The van der Waals surface area contributed by atoms with E-state index in [0.29, 0.717) is 31.8 Å². The molecule has 3 fully saturated rings. The van der Waals surface area contributed by atoms with Crippen molar-refractivity contribution in [2.45, 2.75) is 70.0 Å². The van der Waals surface area contributed by atoms with Crippen LogP contribution < -0.4 is 11.2 Å². The Hall–Kier alpha value is -1.52. The van der Waals surface area contributed by atoms with Gasteiger partial charge in [-0.2, -0.15) is 0 Å². The van der Waals surface area contributed by atoms with Crippen molar-refractivity contribution in [1.82, 2.24) is 9.55 Å². The highest BCUT2D eigenvalue weighted by atomic mass is 16.7. The third-order valence-corrected chi connectivity index (χ3v) is 5.19. The molecule has 9 nitrogen and oxygen atoms in total. The van der Waals surface area contributed by atoms with E-state index in [9.17, 15) is 9.59 Å². The highest BCUT2D eigenvalue weighted by Crippen LogP contribution is 2.33. The predicted octanol–water partition coefficient (Wildman–Crippen LogP) is 0.807. The summed E-state index contributed by atoms with van der Waals surface area (Å²) in [5, 5.41) is 0. The van der Waals surface area contributed by atoms with Crippen molar-refractivity contribution in [3.8, 4) is 0 Å². The van der Waals surface area contributed by atoms with E-state index in [1.807, 2.05) is 0 Å². The highest BCUT2D eigenvalue weighted by Gasteiger charge is 2.40. The van der Waals surface area contributed by atoms with Gasteiger partial charge in [0.15, 0.2) is 12.6 Å². The van der Waals surface area contributed by atoms with Gasteiger partial charge in [-0.05, 0) is 19.8 Å². The van der Waals surface area contributed by atoms with Crippen LogP contribution in [0, 0.1) is 6.92 Å². The Bertz CT molecular complexity index is 749. The first-order valence-corrected chi connectivity index (χ1v) is 9.58. The van der Waals surface area contributed by atoms with Gasteiger partial charge in [0.05, 0.1) is 12.7 Å². The second kappa shape index (κ2) is 8.24. The number of nitrogens with zero attached hydrogens (tertiary/aromatic N) is 1. The molecular formula is C18H26N2O7. The molecule has 0 saturated carbocycles. The van der Waals surface area contributed by atoms with E-state index in [1.54, 1.807) is 6.92 Å². The van der Waals surface area contributed by atoms with E-state index in [-0.39, 0.29) is 30.3 Å². The lowest BCUT2D eigenvalue weighted by Gasteiger charge is -2.23. The Kier molecular flexibility index (Phi) is 5.74. The summed E-state index contributed by atoms with van der Waals surface area (Å²) in [5.41, 5.74) is -0.430. The largest absolute Gasteiger partial charge is 0.353 e. The van der Waals surface area contributed by atoms with Crippen molar-refractivity contribution in [3.63, 3.8) is 0 Å². The van der Waals surface area contributed by atoms with E-state index in [0.717, 1.165) is 25.7 Å². The van der Waals surface area contributed by atoms with Gasteiger partial charge in [0.2, 0.25) is 0 Å². The van der Waals surface area contributed by atoms with Gasteiger partial charge in [0.25, 0.3) is 5.56 Å². The fourth-order valence-corrected chi connectivity index (χ4v) is 3.70. The second-order valence-electron chi connectivity index (χ2n) is 7.24. The van der Waals surface area contributed by atoms with E-state index < -0.39 is 11.9 Å². The van der Waals surface area contributed by atoms with Crippen molar-refractivity contribution in [2.24, 2.45) is 0 Å². The van der Waals surface area contributed by atoms with Gasteiger partial charge >= 0.3 is 5.69 Å². The smallest absolute Gasteiger partial charge is 0.330 e. The van der Waals surface area contributed by atoms with E-state index in [2.05, 4.69) is 4.98 Å². The molecule has 1 N–H and O–H groups in total. The molecule has 0 spiro atoms. The fraction of sp³-hybridized carbons (Fsp3) is 0.778. The third-order valence-electron chi connectivity index (χ3n) is 5.19. The molecule has 0 radical (unpaired) electrons. The van der Waals surface area contributed by atoms with Gasteiger partial charge in [-0.25, -0.2) is 4.79 Å². The van der Waals surface area contributed by atoms with Crippen LogP contribution in [0.2, 0.25) is 0 Å². The molecule has 1 aromatic rings. The predicted molar refractivity (Wildman–Crippen MR) is 93.4 cm³/mol. The third kappa shape index (κ3) is 4.33. The van der Waals surface area contributed by atoms with E-state index in [4.69, 9.17) is 23.7 Å². The summed E-state index contributed by atoms with van der Waals surface area (Å²) in [5.74, 6) is 0. The average Bonchev–Trinajstić information content (AvgIpc) is 3.39. The molecule has 0 aliphatic carbocycles. The number of aromatic nitrogens is 2. The minimum Gasteiger partial charge on any atom is -0.353 e. The quantitative estimate of drug-likeness (QED) is 0.777. The first kappa shape index (κ1) is 18.8. The van der Waals surface area contributed by atoms with Gasteiger partial charge in [0.1, 0.15) is 12.3 Å². The maximum absolute atomic E-state index is 12.2. The van der Waals surface area contributed by atoms with Crippen LogP contribution in [-0.4, -0.2) is 54.2 Å². The van der Waals surface area contributed by atoms with Crippen LogP contribution >= 0.6 is 0 Å². The monoisotopic (exact) mass is 382 g/mol. The summed E-state index contributed by atoms with van der Waals surface area (Å²) in [6.07, 6.45) is 4.06. The molecule has 27 heavy (non-hydrogen) atoms. The number of aryl methyl sites for hydroxylation is 1. The normalized spacial score (nSPS) is 33.7. The Balaban J connectivity index is 1.47. The Morgan fingerprint density at radius 3 is 2.63 bits per heavy atom. The number of rotatable bonds is 6. The van der Waals surface area contributed by atoms with Crippen molar-refractivity contribution >= 4 is 0 Å². The molecule has 4 rings (SSSR count). The fourth-order valence-electron chi connectivity index (χ4n) is 3.70. The molecule has 3 aliphatic heterocycles. The lowest BCUT2D eigenvalue weighted by atomic mass is 10.2. The van der Waals surface area contributed by atoms with Crippen molar-refractivity contribution in [3.05, 3.63) is 32.6 Å². The minimum absolute atomic E-state index is 0.214. The van der Waals surface area contributed by atoms with Crippen molar-refractivity contribution < 1.29 is 23.7 Å². The standard InChI is InChI=1S/C18H26N2O7/c1-11-9-20(18(22)19-17(11)21)14-8-12(27-16-5-3-7-24-16)13(26-14)10-25-15-4-2-6-23-15/h9,12-16H,2-8,10H2,1H3,(H,19,21,22)/t12-,13+,14+,15?,16?/m0/s1. The van der Waals surface area contributed by atoms with Crippen LogP contribution in [-0.2, 0) is 23.7 Å². The zero-order chi connectivity index (χ0) is 18.8. The van der Waals surface area contributed by atoms with Gasteiger partial charge in [-0.15, -0.1) is 0 Å². The maximum Gasteiger partial charge on any atom is 0.330 e. The van der Waals surface area contributed by atoms with Crippen LogP contribution in [0.4, 0.5) is 0 Å². The Morgan fingerprint density at radius 2 is 1.93 bits per heavy atom. The van der Waals surface area contributed by atoms with Crippen molar-refractivity contribution in [1.29, 1.82) is 0 Å². The molecule has 5 atom stereocenters. The number of ether oxygens (including phenoxy) is 5. The van der Waals surface area contributed by atoms with Gasteiger partial charge < -0.3 is 23.7 Å². The molecule has 0 bridgehead atoms. The number of hydrogen-bond donors (Lipinski definition) is 1. The highest BCUT2D eigenvalue weighted by molar-refractivity contribution is 5.02. The molecule has 1 aromatic heterocycles. The van der Waals surface area contributed by atoms with Crippen LogP contribution in [0.25, 0.3) is 0 Å². The molecule has 150 valence electrons. The van der Waals surface area contributed by atoms with Crippen LogP contribution in [0.15, 0.2) is 15.8 Å². The number of aromatic amines is 1. The van der Waals surface area contributed by atoms with Gasteiger partial charge in [-0.1, -0.05) is 0 Å². The topological polar surface area (TPSA) is 101 Å². The summed E-state index contributed by atoms with van der Waals surface area (Å²) < 4.78 is 30.5. The van der Waals surface area contributed by atoms with Gasteiger partial charge in [-0.3, -0.25) is 14.3 Å². The number of H-pyrrole nitrogens is 1. The van der Waals surface area contributed by atoms with Crippen molar-refractivity contribution in [2.75, 3.05) is 19.8 Å². The molecule has 3 aliphatic rings. The second-order valence-corrected chi connectivity index (χ2v) is 7.24. The van der Waals surface area contributed by atoms with Crippen LogP contribution in [0.1, 0.15) is 43.9 Å². The summed E-state index contributed by atoms with van der Waals surface area (Å²) >= 11 is 0. The van der Waals surface area contributed by atoms with Crippen LogP contribution in [0.5, 0.6) is 0 Å². The van der Waals surface area contributed by atoms with E-state index >= 15 is 0 Å². The van der Waals surface area contributed by atoms with Crippen LogP contribution in [0.3, 0.4) is 0 Å². The Labute approximate surface area is 156 Å². The summed E-state index contributed by atoms with van der Waals surface area (Å²) in [6, 6.07) is 0. The SMILES string of the molecule is Cc1cn([C@H]2C[C@H](OC3CCCO3)[C@@H](COC3CCCO3)O2)c(=O)[nH]c1=O. The van der Waals surface area contributed by atoms with Gasteiger partial charge in [0, 0.05) is 44.2 Å². The molecule has 3 saturated heterocycles.